The molecule has 0 unspecified atom stereocenters. The zero-order valence-electron chi connectivity index (χ0n) is 12.5. The average molecular weight is 299 g/mol. The van der Waals surface area contributed by atoms with Gasteiger partial charge in [0.15, 0.2) is 18.2 Å². The summed E-state index contributed by atoms with van der Waals surface area (Å²) in [4.78, 5) is 14.2. The van der Waals surface area contributed by atoms with Crippen molar-refractivity contribution in [2.24, 2.45) is 0 Å². The predicted octanol–water partition coefficient (Wildman–Crippen LogP) is 3.49. The van der Waals surface area contributed by atoms with Crippen molar-refractivity contribution >= 4 is 11.6 Å². The minimum absolute atomic E-state index is 0.109. The van der Waals surface area contributed by atoms with Crippen molar-refractivity contribution in [3.63, 3.8) is 0 Å². The molecule has 1 amide bonds. The normalized spacial score (nSPS) is 13.6. The fraction of sp³-hybridized carbons (Fsp3) is 0.278. The highest BCUT2D eigenvalue weighted by molar-refractivity contribution is 5.96. The van der Waals surface area contributed by atoms with Crippen LogP contribution in [0.2, 0.25) is 0 Å². The first-order chi connectivity index (χ1) is 10.7. The van der Waals surface area contributed by atoms with E-state index in [-0.39, 0.29) is 18.3 Å². The smallest absolute Gasteiger partial charge is 0.264 e. The standard InChI is InChI=1S/C18H18FNO2/c1-13-6-4-7-14-8-5-11-20(18(13)14)17(21)12-22-16-10-3-2-9-15(16)19/h2-4,6-7,9-10H,5,8,11-12H2,1H3. The topological polar surface area (TPSA) is 29.5 Å². The number of carbonyl (C=O) groups is 1. The number of hydrogen-bond donors (Lipinski definition) is 0. The Hall–Kier alpha value is -2.36. The lowest BCUT2D eigenvalue weighted by atomic mass is 9.98. The van der Waals surface area contributed by atoms with Gasteiger partial charge in [0, 0.05) is 12.2 Å². The molecule has 2 aromatic rings. The van der Waals surface area contributed by atoms with Crippen molar-refractivity contribution in [2.75, 3.05) is 18.1 Å². The van der Waals surface area contributed by atoms with Crippen molar-refractivity contribution in [3.8, 4) is 5.75 Å². The molecule has 0 fully saturated rings. The molecule has 3 rings (SSSR count). The van der Waals surface area contributed by atoms with Crippen LogP contribution in [0.25, 0.3) is 0 Å². The number of carbonyl (C=O) groups excluding carboxylic acids is 1. The van der Waals surface area contributed by atoms with Crippen LogP contribution in [0.1, 0.15) is 17.5 Å². The molecule has 1 aliphatic rings. The molecule has 1 heterocycles. The van der Waals surface area contributed by atoms with Crippen molar-refractivity contribution < 1.29 is 13.9 Å². The molecule has 0 atom stereocenters. The number of anilines is 1. The number of halogens is 1. The summed E-state index contributed by atoms with van der Waals surface area (Å²) < 4.78 is 18.9. The van der Waals surface area contributed by atoms with Crippen LogP contribution >= 0.6 is 0 Å². The molecule has 114 valence electrons. The van der Waals surface area contributed by atoms with Gasteiger partial charge in [0.05, 0.1) is 0 Å². The number of aryl methyl sites for hydroxylation is 2. The van der Waals surface area contributed by atoms with Crippen LogP contribution < -0.4 is 9.64 Å². The maximum atomic E-state index is 13.5. The first kappa shape index (κ1) is 14.6. The van der Waals surface area contributed by atoms with Gasteiger partial charge in [0.1, 0.15) is 0 Å². The number of hydrogen-bond acceptors (Lipinski definition) is 2. The zero-order valence-corrected chi connectivity index (χ0v) is 12.5. The van der Waals surface area contributed by atoms with Crippen LogP contribution in [-0.4, -0.2) is 19.1 Å². The number of fused-ring (bicyclic) bond motifs is 1. The summed E-state index contributed by atoms with van der Waals surface area (Å²) in [5.41, 5.74) is 3.25. The van der Waals surface area contributed by atoms with Crippen molar-refractivity contribution in [3.05, 3.63) is 59.4 Å². The lowest BCUT2D eigenvalue weighted by molar-refractivity contribution is -0.120. The summed E-state index contributed by atoms with van der Waals surface area (Å²) in [6.45, 7) is 2.52. The Labute approximate surface area is 129 Å². The van der Waals surface area contributed by atoms with Crippen molar-refractivity contribution in [1.82, 2.24) is 0 Å². The molecule has 0 bridgehead atoms. The van der Waals surface area contributed by atoms with Crippen molar-refractivity contribution in [2.45, 2.75) is 19.8 Å². The van der Waals surface area contributed by atoms with Crippen LogP contribution in [0.15, 0.2) is 42.5 Å². The molecule has 0 saturated carbocycles. The highest BCUT2D eigenvalue weighted by Crippen LogP contribution is 2.30. The van der Waals surface area contributed by atoms with E-state index in [1.54, 1.807) is 17.0 Å². The monoisotopic (exact) mass is 299 g/mol. The maximum Gasteiger partial charge on any atom is 0.264 e. The quantitative estimate of drug-likeness (QED) is 0.868. The van der Waals surface area contributed by atoms with Gasteiger partial charge < -0.3 is 9.64 Å². The Morgan fingerprint density at radius 3 is 2.86 bits per heavy atom. The second-order valence-corrected chi connectivity index (χ2v) is 5.45. The van der Waals surface area contributed by atoms with Crippen LogP contribution in [0.3, 0.4) is 0 Å². The van der Waals surface area contributed by atoms with Crippen LogP contribution in [0.4, 0.5) is 10.1 Å². The van der Waals surface area contributed by atoms with Gasteiger partial charge in [0.25, 0.3) is 5.91 Å². The van der Waals surface area contributed by atoms with E-state index in [2.05, 4.69) is 6.07 Å². The Balaban J connectivity index is 1.76. The summed E-state index contributed by atoms with van der Waals surface area (Å²) in [5.74, 6) is -0.484. The average Bonchev–Trinajstić information content (AvgIpc) is 2.53. The SMILES string of the molecule is Cc1cccc2c1N(C(=O)COc1ccccc1F)CCC2. The van der Waals surface area contributed by atoms with Gasteiger partial charge in [-0.05, 0) is 43.0 Å². The second kappa shape index (κ2) is 6.18. The summed E-state index contributed by atoms with van der Waals surface area (Å²) in [5, 5.41) is 0. The van der Waals surface area contributed by atoms with E-state index >= 15 is 0 Å². The van der Waals surface area contributed by atoms with Gasteiger partial charge in [0.2, 0.25) is 0 Å². The van der Waals surface area contributed by atoms with Gasteiger partial charge in [-0.15, -0.1) is 0 Å². The lowest BCUT2D eigenvalue weighted by Crippen LogP contribution is -2.39. The molecular weight excluding hydrogens is 281 g/mol. The van der Waals surface area contributed by atoms with Gasteiger partial charge in [-0.1, -0.05) is 30.3 Å². The van der Waals surface area contributed by atoms with E-state index in [0.717, 1.165) is 24.1 Å². The van der Waals surface area contributed by atoms with E-state index in [0.29, 0.717) is 6.54 Å². The molecule has 22 heavy (non-hydrogen) atoms. The Morgan fingerprint density at radius 2 is 2.05 bits per heavy atom. The van der Waals surface area contributed by atoms with Crippen LogP contribution in [0, 0.1) is 12.7 Å². The van der Waals surface area contributed by atoms with Crippen molar-refractivity contribution in [1.29, 1.82) is 0 Å². The summed E-state index contributed by atoms with van der Waals surface area (Å²) in [7, 11) is 0. The number of nitrogens with zero attached hydrogens (tertiary/aromatic N) is 1. The van der Waals surface area contributed by atoms with Gasteiger partial charge in [-0.2, -0.15) is 0 Å². The van der Waals surface area contributed by atoms with E-state index < -0.39 is 5.82 Å². The number of para-hydroxylation sites is 2. The first-order valence-corrected chi connectivity index (χ1v) is 7.43. The molecule has 0 aliphatic carbocycles. The fourth-order valence-electron chi connectivity index (χ4n) is 2.88. The van der Waals surface area contributed by atoms with E-state index in [9.17, 15) is 9.18 Å². The lowest BCUT2D eigenvalue weighted by Gasteiger charge is -2.31. The van der Waals surface area contributed by atoms with Crippen LogP contribution in [-0.2, 0) is 11.2 Å². The number of amides is 1. The molecule has 0 radical (unpaired) electrons. The Morgan fingerprint density at radius 1 is 1.23 bits per heavy atom. The first-order valence-electron chi connectivity index (χ1n) is 7.43. The Kier molecular flexibility index (Phi) is 4.09. The van der Waals surface area contributed by atoms with Gasteiger partial charge in [-0.25, -0.2) is 4.39 Å². The highest BCUT2D eigenvalue weighted by Gasteiger charge is 2.24. The number of rotatable bonds is 3. The van der Waals surface area contributed by atoms with E-state index in [4.69, 9.17) is 4.74 Å². The van der Waals surface area contributed by atoms with E-state index in [1.165, 1.54) is 17.7 Å². The van der Waals surface area contributed by atoms with Crippen LogP contribution in [0.5, 0.6) is 5.75 Å². The predicted molar refractivity (Wildman–Crippen MR) is 83.7 cm³/mol. The van der Waals surface area contributed by atoms with Gasteiger partial charge >= 0.3 is 0 Å². The van der Waals surface area contributed by atoms with E-state index in [1.807, 2.05) is 19.1 Å². The molecule has 4 heteroatoms. The summed E-state index contributed by atoms with van der Waals surface area (Å²) in [6, 6.07) is 12.2. The maximum absolute atomic E-state index is 13.5. The minimum atomic E-state index is -0.453. The zero-order chi connectivity index (χ0) is 15.5. The third kappa shape index (κ3) is 2.82. The molecular formula is C18H18FNO2. The molecule has 1 aliphatic heterocycles. The summed E-state index contributed by atoms with van der Waals surface area (Å²) in [6.07, 6.45) is 1.91. The fourth-order valence-corrected chi connectivity index (χ4v) is 2.88. The molecule has 2 aromatic carbocycles. The summed E-state index contributed by atoms with van der Waals surface area (Å²) >= 11 is 0. The number of ether oxygens (including phenoxy) is 1. The molecule has 0 aromatic heterocycles. The molecule has 3 nitrogen and oxygen atoms in total. The highest BCUT2D eigenvalue weighted by atomic mass is 19.1. The molecule has 0 N–H and O–H groups in total. The second-order valence-electron chi connectivity index (χ2n) is 5.45. The number of benzene rings is 2. The minimum Gasteiger partial charge on any atom is -0.481 e. The Bertz CT molecular complexity index is 699. The molecule has 0 spiro atoms. The largest absolute Gasteiger partial charge is 0.481 e. The third-order valence-electron chi connectivity index (χ3n) is 3.91. The third-order valence-corrected chi connectivity index (χ3v) is 3.91. The van der Waals surface area contributed by atoms with Gasteiger partial charge in [-0.3, -0.25) is 4.79 Å². The molecule has 0 saturated heterocycles.